The first-order chi connectivity index (χ1) is 15.5. The molecule has 1 N–H and O–H groups in total. The number of carbonyl (C=O) groups excluding carboxylic acids is 3. The second-order valence-electron chi connectivity index (χ2n) is 7.92. The number of alkyl halides is 3. The van der Waals surface area contributed by atoms with Gasteiger partial charge in [-0.25, -0.2) is 9.59 Å². The second-order valence-corrected chi connectivity index (χ2v) is 7.92. The maximum absolute atomic E-state index is 13.0. The number of halogens is 3. The van der Waals surface area contributed by atoms with Crippen molar-refractivity contribution >= 4 is 17.9 Å². The van der Waals surface area contributed by atoms with Crippen LogP contribution in [-0.2, 0) is 20.5 Å². The molecule has 11 heteroatoms. The zero-order valence-corrected chi connectivity index (χ0v) is 18.7. The van der Waals surface area contributed by atoms with Gasteiger partial charge in [0.05, 0.1) is 23.8 Å². The Labute approximate surface area is 189 Å². The number of ether oxygens (including phenoxy) is 1. The molecule has 1 aromatic carbocycles. The molecule has 1 atom stereocenters. The molecule has 2 heterocycles. The largest absolute Gasteiger partial charge is 0.463 e. The van der Waals surface area contributed by atoms with Crippen molar-refractivity contribution in [2.75, 3.05) is 46.4 Å². The Morgan fingerprint density at radius 1 is 1.12 bits per heavy atom. The fourth-order valence-electron chi connectivity index (χ4n) is 3.95. The van der Waals surface area contributed by atoms with Gasteiger partial charge in [-0.05, 0) is 24.6 Å². The topological polar surface area (TPSA) is 82.2 Å². The fraction of sp³-hybridized carbons (Fsp3) is 0.500. The molecule has 1 unspecified atom stereocenters. The lowest BCUT2D eigenvalue weighted by Gasteiger charge is -2.39. The van der Waals surface area contributed by atoms with Crippen molar-refractivity contribution < 1.29 is 32.3 Å². The van der Waals surface area contributed by atoms with Gasteiger partial charge in [0.2, 0.25) is 5.91 Å². The number of nitrogens with zero attached hydrogens (tertiary/aromatic N) is 3. The van der Waals surface area contributed by atoms with Crippen molar-refractivity contribution in [2.45, 2.75) is 26.1 Å². The van der Waals surface area contributed by atoms with Crippen molar-refractivity contribution in [1.29, 1.82) is 0 Å². The molecule has 1 fully saturated rings. The molecule has 1 saturated heterocycles. The highest BCUT2D eigenvalue weighted by Crippen LogP contribution is 2.34. The van der Waals surface area contributed by atoms with Crippen LogP contribution < -0.4 is 5.32 Å². The minimum atomic E-state index is -4.50. The number of esters is 1. The van der Waals surface area contributed by atoms with Gasteiger partial charge in [-0.15, -0.1) is 0 Å². The molecular weight excluding hydrogens is 441 g/mol. The van der Waals surface area contributed by atoms with E-state index in [1.54, 1.807) is 11.8 Å². The summed E-state index contributed by atoms with van der Waals surface area (Å²) in [7, 11) is 1.53. The van der Waals surface area contributed by atoms with E-state index in [1.165, 1.54) is 31.0 Å². The Morgan fingerprint density at radius 2 is 1.73 bits per heavy atom. The van der Waals surface area contributed by atoms with Crippen LogP contribution in [0, 0.1) is 0 Å². The van der Waals surface area contributed by atoms with Gasteiger partial charge in [-0.2, -0.15) is 13.2 Å². The van der Waals surface area contributed by atoms with E-state index in [0.717, 1.165) is 12.1 Å². The third-order valence-corrected chi connectivity index (χ3v) is 5.83. The van der Waals surface area contributed by atoms with E-state index in [-0.39, 0.29) is 24.6 Å². The Bertz CT molecular complexity index is 938. The minimum absolute atomic E-state index is 0.0161. The molecule has 0 radical (unpaired) electrons. The van der Waals surface area contributed by atoms with Crippen molar-refractivity contribution in [2.24, 2.45) is 0 Å². The number of urea groups is 1. The van der Waals surface area contributed by atoms with Gasteiger partial charge in [0, 0.05) is 52.4 Å². The number of hydrogen-bond donors (Lipinski definition) is 1. The van der Waals surface area contributed by atoms with Gasteiger partial charge >= 0.3 is 18.2 Å². The normalized spacial score (nSPS) is 20.1. The van der Waals surface area contributed by atoms with Crippen molar-refractivity contribution in [3.05, 3.63) is 46.7 Å². The predicted molar refractivity (Wildman–Crippen MR) is 113 cm³/mol. The van der Waals surface area contributed by atoms with Crippen LogP contribution >= 0.6 is 0 Å². The molecule has 33 heavy (non-hydrogen) atoms. The second kappa shape index (κ2) is 9.82. The third kappa shape index (κ3) is 5.47. The Balaban J connectivity index is 1.97. The molecule has 2 aliphatic rings. The van der Waals surface area contributed by atoms with E-state index in [1.807, 2.05) is 4.90 Å². The number of hydrogen-bond acceptors (Lipinski definition) is 5. The summed E-state index contributed by atoms with van der Waals surface area (Å²) in [5, 5.41) is 2.69. The number of carbonyl (C=O) groups is 3. The minimum Gasteiger partial charge on any atom is -0.463 e. The first-order valence-electron chi connectivity index (χ1n) is 10.6. The van der Waals surface area contributed by atoms with Crippen molar-refractivity contribution in [1.82, 2.24) is 20.0 Å². The van der Waals surface area contributed by atoms with Crippen LogP contribution in [0.25, 0.3) is 0 Å². The monoisotopic (exact) mass is 468 g/mol. The first-order valence-corrected chi connectivity index (χ1v) is 10.6. The lowest BCUT2D eigenvalue weighted by molar-refractivity contribution is -0.139. The highest BCUT2D eigenvalue weighted by atomic mass is 19.4. The molecule has 0 saturated carbocycles. The van der Waals surface area contributed by atoms with Crippen LogP contribution in [0.1, 0.15) is 31.0 Å². The van der Waals surface area contributed by atoms with Gasteiger partial charge in [0.25, 0.3) is 0 Å². The van der Waals surface area contributed by atoms with Gasteiger partial charge in [-0.3, -0.25) is 14.6 Å². The number of nitrogens with one attached hydrogen (secondary N) is 1. The highest BCUT2D eigenvalue weighted by Gasteiger charge is 2.38. The fourth-order valence-corrected chi connectivity index (χ4v) is 3.95. The molecule has 0 aromatic heterocycles. The number of amides is 3. The first kappa shape index (κ1) is 24.6. The summed E-state index contributed by atoms with van der Waals surface area (Å²) in [5.41, 5.74) is 0.105. The van der Waals surface area contributed by atoms with Crippen molar-refractivity contribution in [3.8, 4) is 0 Å². The molecule has 0 spiro atoms. The van der Waals surface area contributed by atoms with Crippen LogP contribution in [0.15, 0.2) is 35.5 Å². The van der Waals surface area contributed by atoms with Crippen molar-refractivity contribution in [3.63, 3.8) is 0 Å². The lowest BCUT2D eigenvalue weighted by atomic mass is 9.93. The molecule has 180 valence electrons. The predicted octanol–water partition coefficient (Wildman–Crippen LogP) is 2.38. The van der Waals surface area contributed by atoms with Crippen LogP contribution in [0.2, 0.25) is 0 Å². The maximum Gasteiger partial charge on any atom is 0.416 e. The summed E-state index contributed by atoms with van der Waals surface area (Å²) in [6.07, 6.45) is -4.50. The molecule has 3 amide bonds. The molecule has 2 aliphatic heterocycles. The molecule has 0 bridgehead atoms. The van der Waals surface area contributed by atoms with E-state index in [2.05, 4.69) is 5.32 Å². The summed E-state index contributed by atoms with van der Waals surface area (Å²) in [6, 6.07) is 2.91. The number of benzene rings is 1. The molecule has 8 nitrogen and oxygen atoms in total. The average Bonchev–Trinajstić information content (AvgIpc) is 2.76. The van der Waals surface area contributed by atoms with Gasteiger partial charge in [0.15, 0.2) is 0 Å². The highest BCUT2D eigenvalue weighted by molar-refractivity contribution is 5.95. The van der Waals surface area contributed by atoms with Gasteiger partial charge in [0.1, 0.15) is 0 Å². The number of likely N-dealkylation sites (N-methyl/N-ethyl adjacent to an activating group) is 1. The zero-order chi connectivity index (χ0) is 24.3. The lowest BCUT2D eigenvalue weighted by Crippen LogP contribution is -2.52. The van der Waals surface area contributed by atoms with E-state index in [4.69, 9.17) is 4.74 Å². The SMILES string of the molecule is CCOC(=O)C1=C(CN2CCN(C(C)=O)CC2)N(C)C(=O)NC1c1ccc(C(F)(F)F)cc1. The summed E-state index contributed by atoms with van der Waals surface area (Å²) < 4.78 is 44.2. The summed E-state index contributed by atoms with van der Waals surface area (Å²) in [4.78, 5) is 42.3. The third-order valence-electron chi connectivity index (χ3n) is 5.83. The number of rotatable bonds is 5. The van der Waals surface area contributed by atoms with E-state index in [0.29, 0.717) is 37.4 Å². The molecular formula is C22H27F3N4O4. The summed E-state index contributed by atoms with van der Waals surface area (Å²) in [6.45, 7) is 5.66. The molecule has 1 aromatic rings. The smallest absolute Gasteiger partial charge is 0.416 e. The van der Waals surface area contributed by atoms with E-state index >= 15 is 0 Å². The molecule has 3 rings (SSSR count). The standard InChI is InChI=1S/C22H27F3N4O4/c1-4-33-20(31)18-17(13-28-9-11-29(12-10-28)14(2)30)27(3)21(32)26-19(18)15-5-7-16(8-6-15)22(23,24)25/h5-8,19H,4,9-13H2,1-3H3,(H,26,32). The van der Waals surface area contributed by atoms with Crippen LogP contribution in [-0.4, -0.2) is 79.0 Å². The number of piperazine rings is 1. The van der Waals surface area contributed by atoms with Gasteiger partial charge in [-0.1, -0.05) is 12.1 Å². The van der Waals surface area contributed by atoms with Crippen LogP contribution in [0.3, 0.4) is 0 Å². The van der Waals surface area contributed by atoms with Gasteiger partial charge < -0.3 is 15.0 Å². The summed E-state index contributed by atoms with van der Waals surface area (Å²) >= 11 is 0. The summed E-state index contributed by atoms with van der Waals surface area (Å²) in [5.74, 6) is -0.663. The van der Waals surface area contributed by atoms with E-state index in [9.17, 15) is 27.6 Å². The maximum atomic E-state index is 13.0. The average molecular weight is 468 g/mol. The molecule has 0 aliphatic carbocycles. The Kier molecular flexibility index (Phi) is 7.31. The van der Waals surface area contributed by atoms with Crippen LogP contribution in [0.4, 0.5) is 18.0 Å². The Hall–Kier alpha value is -3.08. The zero-order valence-electron chi connectivity index (χ0n) is 18.7. The quantitative estimate of drug-likeness (QED) is 0.672. The van der Waals surface area contributed by atoms with E-state index < -0.39 is 29.8 Å². The van der Waals surface area contributed by atoms with Crippen LogP contribution in [0.5, 0.6) is 0 Å². The Morgan fingerprint density at radius 3 is 2.24 bits per heavy atom.